The van der Waals surface area contributed by atoms with Gasteiger partial charge in [-0.25, -0.2) is 0 Å². The Hall–Kier alpha value is -0.780. The van der Waals surface area contributed by atoms with E-state index in [1.807, 2.05) is 0 Å². The fourth-order valence-electron chi connectivity index (χ4n) is 1.73. The quantitative estimate of drug-likeness (QED) is 0.809. The third-order valence-electron chi connectivity index (χ3n) is 2.72. The van der Waals surface area contributed by atoms with Crippen molar-refractivity contribution in [3.8, 4) is 0 Å². The van der Waals surface area contributed by atoms with Crippen LogP contribution in [0.4, 0.5) is 13.2 Å². The number of nitrogens with one attached hydrogen (secondary N) is 1. The van der Waals surface area contributed by atoms with Gasteiger partial charge < -0.3 is 10.2 Å². The molecule has 3 nitrogen and oxygen atoms in total. The van der Waals surface area contributed by atoms with Crippen molar-refractivity contribution in [2.75, 3.05) is 20.1 Å². The Labute approximate surface area is 93.0 Å². The molecule has 0 aliphatic carbocycles. The molecule has 0 spiro atoms. The maximum Gasteiger partial charge on any atom is 0.390 e. The molecule has 1 heterocycles. The normalized spacial score (nSPS) is 21.9. The van der Waals surface area contributed by atoms with Crippen molar-refractivity contribution in [2.24, 2.45) is 0 Å². The lowest BCUT2D eigenvalue weighted by Crippen LogP contribution is -2.47. The molecule has 0 bridgehead atoms. The minimum absolute atomic E-state index is 0.232. The van der Waals surface area contributed by atoms with Crippen LogP contribution in [-0.4, -0.2) is 43.2 Å². The number of carbonyl (C=O) groups is 1. The van der Waals surface area contributed by atoms with E-state index in [9.17, 15) is 18.0 Å². The Morgan fingerprint density at radius 3 is 2.62 bits per heavy atom. The van der Waals surface area contributed by atoms with E-state index >= 15 is 0 Å². The monoisotopic (exact) mass is 238 g/mol. The molecule has 0 radical (unpaired) electrons. The van der Waals surface area contributed by atoms with Gasteiger partial charge in [0, 0.05) is 13.6 Å². The molecule has 1 N–H and O–H groups in total. The molecule has 1 atom stereocenters. The van der Waals surface area contributed by atoms with Crippen molar-refractivity contribution >= 4 is 5.91 Å². The predicted octanol–water partition coefficient (Wildman–Crippen LogP) is 1.54. The van der Waals surface area contributed by atoms with Crippen LogP contribution in [0.15, 0.2) is 0 Å². The lowest BCUT2D eigenvalue weighted by molar-refractivity contribution is -0.145. The van der Waals surface area contributed by atoms with E-state index in [1.165, 1.54) is 7.05 Å². The lowest BCUT2D eigenvalue weighted by Gasteiger charge is -2.27. The summed E-state index contributed by atoms with van der Waals surface area (Å²) in [5, 5.41) is 3.02. The van der Waals surface area contributed by atoms with Gasteiger partial charge in [-0.3, -0.25) is 4.79 Å². The van der Waals surface area contributed by atoms with Crippen LogP contribution in [0.3, 0.4) is 0 Å². The molecule has 0 saturated carbocycles. The third kappa shape index (κ3) is 4.38. The van der Waals surface area contributed by atoms with Gasteiger partial charge in [0.1, 0.15) is 0 Å². The van der Waals surface area contributed by atoms with Crippen molar-refractivity contribution in [3.05, 3.63) is 0 Å². The molecule has 94 valence electrons. The first-order valence-electron chi connectivity index (χ1n) is 5.45. The predicted molar refractivity (Wildman–Crippen MR) is 54.0 cm³/mol. The summed E-state index contributed by atoms with van der Waals surface area (Å²) >= 11 is 0. The van der Waals surface area contributed by atoms with Gasteiger partial charge in [0.05, 0.1) is 12.5 Å². The van der Waals surface area contributed by atoms with Crippen LogP contribution in [0.5, 0.6) is 0 Å². The fraction of sp³-hybridized carbons (Fsp3) is 0.900. The first-order chi connectivity index (χ1) is 7.40. The van der Waals surface area contributed by atoms with Gasteiger partial charge in [-0.2, -0.15) is 13.2 Å². The van der Waals surface area contributed by atoms with Gasteiger partial charge in [0.2, 0.25) is 5.91 Å². The van der Waals surface area contributed by atoms with E-state index in [0.717, 1.165) is 30.7 Å². The largest absolute Gasteiger partial charge is 0.390 e. The minimum Gasteiger partial charge on any atom is -0.344 e. The van der Waals surface area contributed by atoms with Crippen LogP contribution >= 0.6 is 0 Å². The molecule has 0 aromatic rings. The second-order valence-electron chi connectivity index (χ2n) is 4.13. The molecule has 1 amide bonds. The smallest absolute Gasteiger partial charge is 0.344 e. The molecule has 1 unspecified atom stereocenters. The number of hydrogen-bond acceptors (Lipinski definition) is 2. The number of hydrogen-bond donors (Lipinski definition) is 1. The van der Waals surface area contributed by atoms with E-state index < -0.39 is 12.6 Å². The summed E-state index contributed by atoms with van der Waals surface area (Å²) in [5.74, 6) is -0.232. The number of piperidine rings is 1. The minimum atomic E-state index is -4.20. The van der Waals surface area contributed by atoms with Crippen LogP contribution in [0.2, 0.25) is 0 Å². The molecule has 1 fully saturated rings. The van der Waals surface area contributed by atoms with E-state index in [-0.39, 0.29) is 18.5 Å². The zero-order valence-corrected chi connectivity index (χ0v) is 9.31. The molecule has 0 aromatic carbocycles. The highest BCUT2D eigenvalue weighted by molar-refractivity contribution is 5.81. The van der Waals surface area contributed by atoms with Gasteiger partial charge in [-0.15, -0.1) is 0 Å². The third-order valence-corrected chi connectivity index (χ3v) is 2.72. The maximum atomic E-state index is 12.0. The van der Waals surface area contributed by atoms with Crippen LogP contribution in [0.25, 0.3) is 0 Å². The van der Waals surface area contributed by atoms with Gasteiger partial charge in [0.15, 0.2) is 0 Å². The van der Waals surface area contributed by atoms with E-state index in [1.54, 1.807) is 0 Å². The van der Waals surface area contributed by atoms with Gasteiger partial charge in [-0.1, -0.05) is 6.42 Å². The number of nitrogens with zero attached hydrogens (tertiary/aromatic N) is 1. The van der Waals surface area contributed by atoms with Crippen molar-refractivity contribution in [1.29, 1.82) is 0 Å². The summed E-state index contributed by atoms with van der Waals surface area (Å²) in [6.45, 7) is 0.504. The molecule has 6 heteroatoms. The molecular formula is C10H17F3N2O. The van der Waals surface area contributed by atoms with Crippen molar-refractivity contribution in [1.82, 2.24) is 10.2 Å². The Bertz CT molecular complexity index is 237. The maximum absolute atomic E-state index is 12.0. The summed E-state index contributed by atoms with van der Waals surface area (Å²) in [5.41, 5.74) is 0. The number of likely N-dealkylation sites (N-methyl/N-ethyl adjacent to an activating group) is 1. The molecule has 1 rings (SSSR count). The first kappa shape index (κ1) is 13.3. The number of alkyl halides is 3. The molecule has 1 aliphatic rings. The van der Waals surface area contributed by atoms with E-state index in [4.69, 9.17) is 0 Å². The topological polar surface area (TPSA) is 32.3 Å². The molecule has 0 aromatic heterocycles. The highest BCUT2D eigenvalue weighted by Gasteiger charge is 2.30. The SMILES string of the molecule is CN(CCC(F)(F)F)C(=O)C1CCCCN1. The Morgan fingerprint density at radius 2 is 2.12 bits per heavy atom. The highest BCUT2D eigenvalue weighted by atomic mass is 19.4. The highest BCUT2D eigenvalue weighted by Crippen LogP contribution is 2.20. The molecule has 1 saturated heterocycles. The zero-order valence-electron chi connectivity index (χ0n) is 9.31. The van der Waals surface area contributed by atoms with Crippen LogP contribution in [-0.2, 0) is 4.79 Å². The summed E-state index contributed by atoms with van der Waals surface area (Å²) in [7, 11) is 1.42. The summed E-state index contributed by atoms with van der Waals surface area (Å²) < 4.78 is 35.9. The second-order valence-corrected chi connectivity index (χ2v) is 4.13. The second kappa shape index (κ2) is 5.52. The van der Waals surface area contributed by atoms with Crippen LogP contribution in [0, 0.1) is 0 Å². The summed E-state index contributed by atoms with van der Waals surface area (Å²) in [4.78, 5) is 12.9. The Morgan fingerprint density at radius 1 is 1.44 bits per heavy atom. The van der Waals surface area contributed by atoms with Gasteiger partial charge in [0.25, 0.3) is 0 Å². The standard InChI is InChI=1S/C10H17F3N2O/c1-15(7-5-10(11,12)13)9(16)8-4-2-3-6-14-8/h8,14H,2-7H2,1H3. The number of amides is 1. The first-order valence-corrected chi connectivity index (χ1v) is 5.45. The van der Waals surface area contributed by atoms with E-state index in [0.29, 0.717) is 0 Å². The fourth-order valence-corrected chi connectivity index (χ4v) is 1.73. The zero-order chi connectivity index (χ0) is 12.2. The molecular weight excluding hydrogens is 221 g/mol. The molecule has 1 aliphatic heterocycles. The van der Waals surface area contributed by atoms with Crippen molar-refractivity contribution in [3.63, 3.8) is 0 Å². The molecule has 16 heavy (non-hydrogen) atoms. The van der Waals surface area contributed by atoms with Gasteiger partial charge in [-0.05, 0) is 19.4 Å². The van der Waals surface area contributed by atoms with Crippen molar-refractivity contribution < 1.29 is 18.0 Å². The van der Waals surface area contributed by atoms with E-state index in [2.05, 4.69) is 5.32 Å². The lowest BCUT2D eigenvalue weighted by atomic mass is 10.0. The summed E-state index contributed by atoms with van der Waals surface area (Å²) in [6.07, 6.45) is -2.45. The average molecular weight is 238 g/mol. The number of halogens is 3. The summed E-state index contributed by atoms with van der Waals surface area (Å²) in [6, 6.07) is -0.299. The Kier molecular flexibility index (Phi) is 4.58. The average Bonchev–Trinajstić information content (AvgIpc) is 2.25. The van der Waals surface area contributed by atoms with Crippen LogP contribution < -0.4 is 5.32 Å². The number of rotatable bonds is 3. The van der Waals surface area contributed by atoms with Crippen LogP contribution in [0.1, 0.15) is 25.7 Å². The number of carbonyl (C=O) groups excluding carboxylic acids is 1. The van der Waals surface area contributed by atoms with Gasteiger partial charge >= 0.3 is 6.18 Å². The Balaban J connectivity index is 2.34. The van der Waals surface area contributed by atoms with Crippen molar-refractivity contribution in [2.45, 2.75) is 37.9 Å².